The number of nitrogens with one attached hydrogen (secondary N) is 1. The second kappa shape index (κ2) is 8.48. The van der Waals surface area contributed by atoms with Gasteiger partial charge in [0.1, 0.15) is 17.6 Å². The van der Waals surface area contributed by atoms with E-state index in [0.717, 1.165) is 58.5 Å². The average molecular weight is 374 g/mol. The van der Waals surface area contributed by atoms with Crippen molar-refractivity contribution in [1.29, 1.82) is 0 Å². The topological polar surface area (TPSA) is 60.0 Å². The van der Waals surface area contributed by atoms with Gasteiger partial charge in [0.15, 0.2) is 0 Å². The fraction of sp³-hybridized carbons (Fsp3) is 0.667. The molecule has 27 heavy (non-hydrogen) atoms. The molecule has 1 atom stereocenters. The first-order valence-corrected chi connectivity index (χ1v) is 10.2. The summed E-state index contributed by atoms with van der Waals surface area (Å²) < 4.78 is 17.1. The molecule has 6 heteroatoms. The van der Waals surface area contributed by atoms with Crippen molar-refractivity contribution < 1.29 is 19.0 Å². The van der Waals surface area contributed by atoms with E-state index >= 15 is 0 Å². The standard InChI is InChI=1S/C21H30N2O4/c1-25-18-4-5-19(21(24)22-16-2-3-16)20(12-18)27-17-6-9-23(10-7-17)13-15-8-11-26-14-15/h4-5,12,15-17H,2-3,6-11,13-14H2,1H3,(H,22,24)/t15-/m1/s1. The monoisotopic (exact) mass is 374 g/mol. The lowest BCUT2D eigenvalue weighted by molar-refractivity contribution is 0.0843. The number of hydrogen-bond acceptors (Lipinski definition) is 5. The SMILES string of the molecule is COc1ccc(C(=O)NC2CC2)c(OC2CCN(C[C@H]3CCOC3)CC2)c1. The average Bonchev–Trinajstić information content (AvgIpc) is 3.35. The van der Waals surface area contributed by atoms with Gasteiger partial charge in [-0.3, -0.25) is 4.79 Å². The van der Waals surface area contributed by atoms with Crippen LogP contribution in [-0.4, -0.2) is 62.9 Å². The Labute approximate surface area is 161 Å². The third-order valence-electron chi connectivity index (χ3n) is 5.71. The molecule has 1 aliphatic carbocycles. The van der Waals surface area contributed by atoms with Gasteiger partial charge in [-0.05, 0) is 50.2 Å². The molecule has 2 aliphatic heterocycles. The molecule has 1 amide bonds. The van der Waals surface area contributed by atoms with E-state index in [9.17, 15) is 4.79 Å². The molecule has 1 aromatic rings. The Morgan fingerprint density at radius 1 is 1.22 bits per heavy atom. The summed E-state index contributed by atoms with van der Waals surface area (Å²) >= 11 is 0. The van der Waals surface area contributed by atoms with Crippen LogP contribution in [-0.2, 0) is 4.74 Å². The summed E-state index contributed by atoms with van der Waals surface area (Å²) in [5.74, 6) is 1.98. The predicted molar refractivity (Wildman–Crippen MR) is 102 cm³/mol. The van der Waals surface area contributed by atoms with Crippen molar-refractivity contribution in [3.8, 4) is 11.5 Å². The van der Waals surface area contributed by atoms with E-state index < -0.39 is 0 Å². The molecule has 1 saturated carbocycles. The maximum absolute atomic E-state index is 12.6. The Morgan fingerprint density at radius 2 is 2.04 bits per heavy atom. The Bertz CT molecular complexity index is 648. The molecule has 0 radical (unpaired) electrons. The number of benzene rings is 1. The molecule has 0 unspecified atom stereocenters. The molecule has 148 valence electrons. The van der Waals surface area contributed by atoms with Crippen LogP contribution in [0, 0.1) is 5.92 Å². The maximum atomic E-state index is 12.6. The summed E-state index contributed by atoms with van der Waals surface area (Å²) in [6.07, 6.45) is 5.43. The summed E-state index contributed by atoms with van der Waals surface area (Å²) in [5, 5.41) is 3.05. The van der Waals surface area contributed by atoms with Gasteiger partial charge in [-0.2, -0.15) is 0 Å². The molecule has 2 heterocycles. The highest BCUT2D eigenvalue weighted by Crippen LogP contribution is 2.29. The van der Waals surface area contributed by atoms with Gasteiger partial charge < -0.3 is 24.4 Å². The first-order valence-electron chi connectivity index (χ1n) is 10.2. The summed E-state index contributed by atoms with van der Waals surface area (Å²) in [6.45, 7) is 5.01. The number of hydrogen-bond donors (Lipinski definition) is 1. The normalized spacial score (nSPS) is 24.0. The zero-order valence-corrected chi connectivity index (χ0v) is 16.1. The fourth-order valence-electron chi connectivity index (χ4n) is 3.89. The van der Waals surface area contributed by atoms with E-state index in [2.05, 4.69) is 10.2 Å². The fourth-order valence-corrected chi connectivity index (χ4v) is 3.89. The van der Waals surface area contributed by atoms with E-state index in [4.69, 9.17) is 14.2 Å². The number of likely N-dealkylation sites (tertiary alicyclic amines) is 1. The van der Waals surface area contributed by atoms with Crippen molar-refractivity contribution >= 4 is 5.91 Å². The minimum absolute atomic E-state index is 0.0474. The predicted octanol–water partition coefficient (Wildman–Crippen LogP) is 2.47. The van der Waals surface area contributed by atoms with Gasteiger partial charge in [-0.25, -0.2) is 0 Å². The number of piperidine rings is 1. The van der Waals surface area contributed by atoms with Crippen LogP contribution < -0.4 is 14.8 Å². The first-order chi connectivity index (χ1) is 13.2. The minimum Gasteiger partial charge on any atom is -0.497 e. The molecule has 6 nitrogen and oxygen atoms in total. The number of carbonyl (C=O) groups excluding carboxylic acids is 1. The molecule has 0 spiro atoms. The molecule has 3 fully saturated rings. The smallest absolute Gasteiger partial charge is 0.255 e. The highest BCUT2D eigenvalue weighted by molar-refractivity contribution is 5.97. The number of ether oxygens (including phenoxy) is 3. The number of nitrogens with zero attached hydrogens (tertiary/aromatic N) is 1. The van der Waals surface area contributed by atoms with E-state index in [1.54, 1.807) is 13.2 Å². The van der Waals surface area contributed by atoms with E-state index in [-0.39, 0.29) is 12.0 Å². The molecule has 0 aromatic heterocycles. The molecule has 1 N–H and O–H groups in total. The highest BCUT2D eigenvalue weighted by Gasteiger charge is 2.28. The maximum Gasteiger partial charge on any atom is 0.255 e. The second-order valence-electron chi connectivity index (χ2n) is 7.96. The highest BCUT2D eigenvalue weighted by atomic mass is 16.5. The Kier molecular flexibility index (Phi) is 5.83. The van der Waals surface area contributed by atoms with Gasteiger partial charge in [0.05, 0.1) is 19.3 Å². The van der Waals surface area contributed by atoms with Crippen molar-refractivity contribution in [2.45, 2.75) is 44.2 Å². The lowest BCUT2D eigenvalue weighted by atomic mass is 10.0. The summed E-state index contributed by atoms with van der Waals surface area (Å²) in [5.41, 5.74) is 0.605. The Morgan fingerprint density at radius 3 is 2.70 bits per heavy atom. The quantitative estimate of drug-likeness (QED) is 0.795. The van der Waals surface area contributed by atoms with E-state index in [0.29, 0.717) is 29.0 Å². The third-order valence-corrected chi connectivity index (χ3v) is 5.71. The second-order valence-corrected chi connectivity index (χ2v) is 7.96. The number of amides is 1. The van der Waals surface area contributed by atoms with E-state index in [1.807, 2.05) is 12.1 Å². The van der Waals surface area contributed by atoms with Crippen LogP contribution in [0.3, 0.4) is 0 Å². The summed E-state index contributed by atoms with van der Waals surface area (Å²) in [6, 6.07) is 5.79. The van der Waals surface area contributed by atoms with Crippen LogP contribution >= 0.6 is 0 Å². The number of methoxy groups -OCH3 is 1. The number of rotatable bonds is 7. The van der Waals surface area contributed by atoms with Gasteiger partial charge in [0.25, 0.3) is 5.91 Å². The lowest BCUT2D eigenvalue weighted by Gasteiger charge is -2.33. The van der Waals surface area contributed by atoms with Crippen molar-refractivity contribution in [2.75, 3.05) is 40.0 Å². The molecule has 2 saturated heterocycles. The molecule has 3 aliphatic rings. The van der Waals surface area contributed by atoms with E-state index in [1.165, 1.54) is 6.42 Å². The Hall–Kier alpha value is -1.79. The molecular formula is C21H30N2O4. The summed E-state index contributed by atoms with van der Waals surface area (Å²) in [4.78, 5) is 15.1. The largest absolute Gasteiger partial charge is 0.497 e. The van der Waals surface area contributed by atoms with Crippen molar-refractivity contribution in [3.63, 3.8) is 0 Å². The lowest BCUT2D eigenvalue weighted by Crippen LogP contribution is -2.41. The van der Waals surface area contributed by atoms with Gasteiger partial charge in [-0.1, -0.05) is 0 Å². The molecule has 1 aromatic carbocycles. The van der Waals surface area contributed by atoms with Crippen LogP contribution in [0.15, 0.2) is 18.2 Å². The van der Waals surface area contributed by atoms with Crippen molar-refractivity contribution in [3.05, 3.63) is 23.8 Å². The van der Waals surface area contributed by atoms with Gasteiger partial charge >= 0.3 is 0 Å². The van der Waals surface area contributed by atoms with Gasteiger partial charge in [-0.15, -0.1) is 0 Å². The van der Waals surface area contributed by atoms with Crippen LogP contribution in [0.25, 0.3) is 0 Å². The van der Waals surface area contributed by atoms with Gasteiger partial charge in [0.2, 0.25) is 0 Å². The van der Waals surface area contributed by atoms with Crippen LogP contribution in [0.2, 0.25) is 0 Å². The Balaban J connectivity index is 1.35. The first kappa shape index (κ1) is 18.6. The summed E-state index contributed by atoms with van der Waals surface area (Å²) in [7, 11) is 1.63. The van der Waals surface area contributed by atoms with Crippen LogP contribution in [0.5, 0.6) is 11.5 Å². The molecular weight excluding hydrogens is 344 g/mol. The zero-order valence-electron chi connectivity index (χ0n) is 16.1. The molecule has 4 rings (SSSR count). The van der Waals surface area contributed by atoms with Crippen LogP contribution in [0.4, 0.5) is 0 Å². The van der Waals surface area contributed by atoms with Crippen LogP contribution in [0.1, 0.15) is 42.5 Å². The molecule has 0 bridgehead atoms. The third kappa shape index (κ3) is 4.93. The minimum atomic E-state index is -0.0474. The van der Waals surface area contributed by atoms with Crippen molar-refractivity contribution in [1.82, 2.24) is 10.2 Å². The zero-order chi connectivity index (χ0) is 18.6. The number of carbonyl (C=O) groups is 1. The van der Waals surface area contributed by atoms with Crippen molar-refractivity contribution in [2.24, 2.45) is 5.92 Å². The van der Waals surface area contributed by atoms with Gasteiger partial charge in [0, 0.05) is 38.3 Å².